The van der Waals surface area contributed by atoms with Gasteiger partial charge in [-0.25, -0.2) is 13.4 Å². The van der Waals surface area contributed by atoms with Crippen LogP contribution < -0.4 is 0 Å². The first-order chi connectivity index (χ1) is 16.1. The van der Waals surface area contributed by atoms with E-state index in [9.17, 15) is 26.4 Å². The molecule has 0 N–H and O–H groups in total. The van der Waals surface area contributed by atoms with E-state index in [1.54, 1.807) is 16.4 Å². The van der Waals surface area contributed by atoms with Crippen molar-refractivity contribution in [1.82, 2.24) is 14.5 Å². The van der Waals surface area contributed by atoms with Gasteiger partial charge in [0.05, 0.1) is 40.4 Å². The summed E-state index contributed by atoms with van der Waals surface area (Å²) in [6, 6.07) is 12.6. The Morgan fingerprint density at radius 2 is 1.94 bits per heavy atom. The van der Waals surface area contributed by atoms with Crippen LogP contribution in [0.15, 0.2) is 53.7 Å². The van der Waals surface area contributed by atoms with Crippen LogP contribution in [0.5, 0.6) is 0 Å². The summed E-state index contributed by atoms with van der Waals surface area (Å²) in [7, 11) is -3.14. The molecular formula is C23H24F3N3O3S2. The maximum absolute atomic E-state index is 13.2. The number of hydrogen-bond donors (Lipinski definition) is 0. The van der Waals surface area contributed by atoms with Gasteiger partial charge in [-0.2, -0.15) is 13.2 Å². The van der Waals surface area contributed by atoms with E-state index in [-0.39, 0.29) is 34.7 Å². The second-order valence-corrected chi connectivity index (χ2v) is 11.4. The second-order valence-electron chi connectivity index (χ2n) is 8.19. The number of amides is 1. The Morgan fingerprint density at radius 3 is 2.56 bits per heavy atom. The highest BCUT2D eigenvalue weighted by Gasteiger charge is 2.34. The SMILES string of the molecule is CCN(C(=O)CSc1nc2cc(C(F)(F)F)ccc2n1Cc1ccccc1)[C@@H]1CCS(=O)(=O)C1. The van der Waals surface area contributed by atoms with Crippen molar-refractivity contribution < 1.29 is 26.4 Å². The van der Waals surface area contributed by atoms with Crippen LogP contribution in [-0.2, 0) is 27.4 Å². The van der Waals surface area contributed by atoms with Crippen LogP contribution in [0.3, 0.4) is 0 Å². The Labute approximate surface area is 200 Å². The number of hydrogen-bond acceptors (Lipinski definition) is 5. The van der Waals surface area contributed by atoms with Gasteiger partial charge in [-0.05, 0) is 37.1 Å². The Morgan fingerprint density at radius 1 is 1.21 bits per heavy atom. The number of nitrogens with zero attached hydrogens (tertiary/aromatic N) is 3. The number of fused-ring (bicyclic) bond motifs is 1. The maximum atomic E-state index is 13.2. The van der Waals surface area contributed by atoms with Crippen LogP contribution in [0.2, 0.25) is 0 Å². The van der Waals surface area contributed by atoms with E-state index < -0.39 is 21.6 Å². The number of carbonyl (C=O) groups is 1. The van der Waals surface area contributed by atoms with E-state index in [1.807, 2.05) is 30.3 Å². The van der Waals surface area contributed by atoms with E-state index >= 15 is 0 Å². The van der Waals surface area contributed by atoms with Gasteiger partial charge < -0.3 is 9.47 Å². The topological polar surface area (TPSA) is 72.3 Å². The third-order valence-corrected chi connectivity index (χ3v) is 8.57. The first-order valence-corrected chi connectivity index (χ1v) is 13.6. The van der Waals surface area contributed by atoms with E-state index in [1.165, 1.54) is 6.07 Å². The molecule has 0 bridgehead atoms. The molecule has 0 aliphatic carbocycles. The van der Waals surface area contributed by atoms with E-state index in [2.05, 4.69) is 4.98 Å². The zero-order valence-electron chi connectivity index (χ0n) is 18.5. The van der Waals surface area contributed by atoms with Gasteiger partial charge in [0.15, 0.2) is 15.0 Å². The quantitative estimate of drug-likeness (QED) is 0.444. The summed E-state index contributed by atoms with van der Waals surface area (Å²) < 4.78 is 65.2. The highest BCUT2D eigenvalue weighted by atomic mass is 32.2. The zero-order valence-corrected chi connectivity index (χ0v) is 20.1. The fraction of sp³-hybridized carbons (Fsp3) is 0.391. The lowest BCUT2D eigenvalue weighted by molar-refractivity contribution is -0.137. The van der Waals surface area contributed by atoms with Crippen molar-refractivity contribution in [2.45, 2.75) is 37.3 Å². The molecule has 182 valence electrons. The standard InChI is InChI=1S/C23H24F3N3O3S2/c1-2-28(18-10-11-34(31,32)15-18)21(30)14-33-22-27-19-12-17(23(24,25)26)8-9-20(19)29(22)13-16-6-4-3-5-7-16/h3-9,12,18H,2,10-11,13-15H2,1H3/t18-/m1/s1. The molecule has 1 fully saturated rings. The summed E-state index contributed by atoms with van der Waals surface area (Å²) in [6.45, 7) is 2.57. The maximum Gasteiger partial charge on any atom is 0.416 e. The number of imidazole rings is 1. The molecule has 6 nitrogen and oxygen atoms in total. The summed E-state index contributed by atoms with van der Waals surface area (Å²) in [5, 5.41) is 0.432. The molecule has 1 aromatic heterocycles. The molecule has 11 heteroatoms. The molecule has 0 unspecified atom stereocenters. The average Bonchev–Trinajstić information content (AvgIpc) is 3.32. The van der Waals surface area contributed by atoms with Gasteiger partial charge in [0.2, 0.25) is 5.91 Å². The lowest BCUT2D eigenvalue weighted by atomic mass is 10.2. The van der Waals surface area contributed by atoms with Crippen LogP contribution in [0.1, 0.15) is 24.5 Å². The first-order valence-electron chi connectivity index (χ1n) is 10.8. The van der Waals surface area contributed by atoms with Gasteiger partial charge in [-0.3, -0.25) is 4.79 Å². The van der Waals surface area contributed by atoms with E-state index in [0.717, 1.165) is 29.5 Å². The molecule has 2 aromatic carbocycles. The molecule has 1 amide bonds. The number of halogens is 3. The van der Waals surface area contributed by atoms with Crippen molar-refractivity contribution in [3.05, 3.63) is 59.7 Å². The minimum Gasteiger partial charge on any atom is -0.338 e. The van der Waals surface area contributed by atoms with Crippen LogP contribution in [0.25, 0.3) is 11.0 Å². The molecule has 3 aromatic rings. The van der Waals surface area contributed by atoms with Crippen LogP contribution in [0, 0.1) is 0 Å². The van der Waals surface area contributed by atoms with Gasteiger partial charge in [0.1, 0.15) is 0 Å². The summed E-state index contributed by atoms with van der Waals surface area (Å²) in [6.07, 6.45) is -4.07. The van der Waals surface area contributed by atoms with Gasteiger partial charge in [-0.15, -0.1) is 0 Å². The van der Waals surface area contributed by atoms with Crippen molar-refractivity contribution in [2.24, 2.45) is 0 Å². The highest BCUT2D eigenvalue weighted by Crippen LogP contribution is 2.33. The molecule has 4 rings (SSSR count). The number of rotatable bonds is 7. The number of carbonyl (C=O) groups excluding carboxylic acids is 1. The van der Waals surface area contributed by atoms with Crippen molar-refractivity contribution in [3.63, 3.8) is 0 Å². The number of benzene rings is 2. The number of sulfone groups is 1. The average molecular weight is 512 g/mol. The van der Waals surface area contributed by atoms with Crippen molar-refractivity contribution in [1.29, 1.82) is 0 Å². The molecule has 0 spiro atoms. The van der Waals surface area contributed by atoms with Gasteiger partial charge in [0, 0.05) is 12.6 Å². The minimum absolute atomic E-state index is 0.00856. The van der Waals surface area contributed by atoms with Gasteiger partial charge >= 0.3 is 6.18 Å². The fourth-order valence-corrected chi connectivity index (χ4v) is 6.81. The van der Waals surface area contributed by atoms with Crippen LogP contribution in [0.4, 0.5) is 13.2 Å². The van der Waals surface area contributed by atoms with Gasteiger partial charge in [0.25, 0.3) is 0 Å². The Bertz CT molecular complexity index is 1290. The molecule has 1 aliphatic rings. The molecular weight excluding hydrogens is 487 g/mol. The van der Waals surface area contributed by atoms with Crippen LogP contribution >= 0.6 is 11.8 Å². The Kier molecular flexibility index (Phi) is 6.95. The largest absolute Gasteiger partial charge is 0.416 e. The molecule has 34 heavy (non-hydrogen) atoms. The van der Waals surface area contributed by atoms with Crippen LogP contribution in [-0.4, -0.2) is 58.6 Å². The Hall–Kier alpha value is -2.53. The summed E-state index contributed by atoms with van der Waals surface area (Å²) >= 11 is 1.15. The number of alkyl halides is 3. The third-order valence-electron chi connectivity index (χ3n) is 5.86. The van der Waals surface area contributed by atoms with E-state index in [0.29, 0.717) is 30.2 Å². The third kappa shape index (κ3) is 5.41. The predicted molar refractivity (Wildman–Crippen MR) is 125 cm³/mol. The Balaban J connectivity index is 1.61. The first kappa shape index (κ1) is 24.6. The molecule has 1 aliphatic heterocycles. The summed E-state index contributed by atoms with van der Waals surface area (Å²) in [5.41, 5.74) is 0.911. The lowest BCUT2D eigenvalue weighted by Crippen LogP contribution is -2.42. The van der Waals surface area contributed by atoms with Crippen molar-refractivity contribution in [3.8, 4) is 0 Å². The predicted octanol–water partition coefficient (Wildman–Crippen LogP) is 4.23. The monoisotopic (exact) mass is 511 g/mol. The smallest absolute Gasteiger partial charge is 0.338 e. The number of thioether (sulfide) groups is 1. The second kappa shape index (κ2) is 9.61. The molecule has 0 saturated carbocycles. The lowest BCUT2D eigenvalue weighted by Gasteiger charge is -2.26. The molecule has 1 saturated heterocycles. The molecule has 1 atom stereocenters. The van der Waals surface area contributed by atoms with E-state index in [4.69, 9.17) is 0 Å². The van der Waals surface area contributed by atoms with Crippen molar-refractivity contribution >= 4 is 38.5 Å². The van der Waals surface area contributed by atoms with Crippen molar-refractivity contribution in [2.75, 3.05) is 23.8 Å². The van der Waals surface area contributed by atoms with Gasteiger partial charge in [-0.1, -0.05) is 42.1 Å². The zero-order chi connectivity index (χ0) is 24.5. The molecule has 0 radical (unpaired) electrons. The summed E-state index contributed by atoms with van der Waals surface area (Å²) in [5.74, 6) is -0.175. The fourth-order valence-electron chi connectivity index (χ4n) is 4.18. The molecule has 2 heterocycles. The normalized spacial score (nSPS) is 17.8. The summed E-state index contributed by atoms with van der Waals surface area (Å²) in [4.78, 5) is 18.9. The number of aromatic nitrogens is 2. The minimum atomic E-state index is -4.48. The highest BCUT2D eigenvalue weighted by molar-refractivity contribution is 7.99.